The maximum Gasteiger partial charge on any atom is 0.223 e. The molecule has 5 nitrogen and oxygen atoms in total. The van der Waals surface area contributed by atoms with Gasteiger partial charge in [-0.25, -0.2) is 9.38 Å². The van der Waals surface area contributed by atoms with Crippen molar-refractivity contribution in [2.24, 2.45) is 27.2 Å². The molecule has 80 valence electrons. The standard InChI is InChI=1S/C8H9BrFN5/c9-4-2-1-3-5(6(4)10)14-8(13)15-7(11)12/h1-3H,(H6,11,12,13,14,15). The van der Waals surface area contributed by atoms with Crippen LogP contribution in [0.5, 0.6) is 0 Å². The van der Waals surface area contributed by atoms with E-state index in [0.29, 0.717) is 4.47 Å². The summed E-state index contributed by atoms with van der Waals surface area (Å²) in [7, 11) is 0. The molecule has 0 radical (unpaired) electrons. The minimum absolute atomic E-state index is 0.0619. The molecule has 0 fully saturated rings. The van der Waals surface area contributed by atoms with Crippen LogP contribution in [0.4, 0.5) is 10.1 Å². The first kappa shape index (κ1) is 11.4. The summed E-state index contributed by atoms with van der Waals surface area (Å²) >= 11 is 3.02. The van der Waals surface area contributed by atoms with Crippen LogP contribution >= 0.6 is 15.9 Å². The van der Waals surface area contributed by atoms with Gasteiger partial charge in [-0.15, -0.1) is 0 Å². The highest BCUT2D eigenvalue weighted by molar-refractivity contribution is 9.10. The number of nitrogens with two attached hydrogens (primary N) is 3. The summed E-state index contributed by atoms with van der Waals surface area (Å²) in [6.45, 7) is 0. The lowest BCUT2D eigenvalue weighted by atomic mass is 10.3. The van der Waals surface area contributed by atoms with Crippen molar-refractivity contribution in [1.82, 2.24) is 0 Å². The topological polar surface area (TPSA) is 103 Å². The number of hydrogen-bond donors (Lipinski definition) is 3. The summed E-state index contributed by atoms with van der Waals surface area (Å²) in [5.41, 5.74) is 15.6. The van der Waals surface area contributed by atoms with E-state index < -0.39 is 5.82 Å². The van der Waals surface area contributed by atoms with Crippen molar-refractivity contribution in [1.29, 1.82) is 0 Å². The monoisotopic (exact) mass is 273 g/mol. The Morgan fingerprint density at radius 1 is 1.27 bits per heavy atom. The average molecular weight is 274 g/mol. The second-order valence-corrected chi connectivity index (χ2v) is 3.43. The highest BCUT2D eigenvalue weighted by Crippen LogP contribution is 2.24. The number of hydrogen-bond acceptors (Lipinski definition) is 1. The maximum absolute atomic E-state index is 13.4. The molecule has 0 aliphatic heterocycles. The van der Waals surface area contributed by atoms with Crippen LogP contribution in [0.1, 0.15) is 0 Å². The molecule has 0 saturated heterocycles. The normalized spacial score (nSPS) is 11.2. The number of rotatable bonds is 1. The molecule has 0 amide bonds. The summed E-state index contributed by atoms with van der Waals surface area (Å²) in [5.74, 6) is -0.954. The lowest BCUT2D eigenvalue weighted by Crippen LogP contribution is -2.26. The zero-order valence-corrected chi connectivity index (χ0v) is 9.20. The van der Waals surface area contributed by atoms with E-state index in [-0.39, 0.29) is 17.6 Å². The molecular weight excluding hydrogens is 265 g/mol. The molecule has 1 aromatic rings. The van der Waals surface area contributed by atoms with Crippen molar-refractivity contribution < 1.29 is 4.39 Å². The van der Waals surface area contributed by atoms with Crippen LogP contribution in [-0.2, 0) is 0 Å². The van der Waals surface area contributed by atoms with Crippen LogP contribution in [0.2, 0.25) is 0 Å². The van der Waals surface area contributed by atoms with Gasteiger partial charge >= 0.3 is 0 Å². The molecule has 0 saturated carbocycles. The Kier molecular flexibility index (Phi) is 3.62. The van der Waals surface area contributed by atoms with Gasteiger partial charge < -0.3 is 17.2 Å². The van der Waals surface area contributed by atoms with E-state index in [4.69, 9.17) is 17.2 Å². The van der Waals surface area contributed by atoms with Gasteiger partial charge in [0.25, 0.3) is 0 Å². The molecule has 0 aliphatic rings. The second kappa shape index (κ2) is 4.74. The van der Waals surface area contributed by atoms with Crippen molar-refractivity contribution >= 4 is 33.5 Å². The van der Waals surface area contributed by atoms with E-state index in [1.165, 1.54) is 6.07 Å². The molecule has 0 heterocycles. The van der Waals surface area contributed by atoms with Gasteiger partial charge in [-0.2, -0.15) is 4.99 Å². The predicted octanol–water partition coefficient (Wildman–Crippen LogP) is 0.808. The number of aliphatic imine (C=N–C) groups is 2. The van der Waals surface area contributed by atoms with Crippen LogP contribution in [-0.4, -0.2) is 11.9 Å². The first-order chi connectivity index (χ1) is 7.00. The second-order valence-electron chi connectivity index (χ2n) is 2.58. The fourth-order valence-corrected chi connectivity index (χ4v) is 1.22. The number of halogens is 2. The van der Waals surface area contributed by atoms with E-state index in [1.807, 2.05) is 0 Å². The van der Waals surface area contributed by atoms with E-state index in [9.17, 15) is 4.39 Å². The third-order valence-electron chi connectivity index (χ3n) is 1.41. The smallest absolute Gasteiger partial charge is 0.223 e. The Morgan fingerprint density at radius 3 is 2.53 bits per heavy atom. The van der Waals surface area contributed by atoms with Crippen molar-refractivity contribution in [2.75, 3.05) is 0 Å². The Morgan fingerprint density at radius 2 is 1.93 bits per heavy atom. The van der Waals surface area contributed by atoms with Crippen molar-refractivity contribution in [3.63, 3.8) is 0 Å². The number of nitrogens with zero attached hydrogens (tertiary/aromatic N) is 2. The predicted molar refractivity (Wildman–Crippen MR) is 61.2 cm³/mol. The minimum atomic E-state index is -0.522. The van der Waals surface area contributed by atoms with Crippen LogP contribution in [0.25, 0.3) is 0 Å². The summed E-state index contributed by atoms with van der Waals surface area (Å²) in [5, 5.41) is 0. The third-order valence-corrected chi connectivity index (χ3v) is 2.02. The Balaban J connectivity index is 3.09. The Hall–Kier alpha value is -1.63. The molecule has 7 heteroatoms. The van der Waals surface area contributed by atoms with Crippen LogP contribution < -0.4 is 17.2 Å². The van der Waals surface area contributed by atoms with E-state index in [0.717, 1.165) is 0 Å². The van der Waals surface area contributed by atoms with E-state index in [2.05, 4.69) is 25.9 Å². The molecule has 1 aromatic carbocycles. The molecular formula is C8H9BrFN5. The molecule has 15 heavy (non-hydrogen) atoms. The van der Waals surface area contributed by atoms with Crippen LogP contribution in [0.3, 0.4) is 0 Å². The SMILES string of the molecule is NC(N)=NC(N)=Nc1cccc(Br)c1F. The fourth-order valence-electron chi connectivity index (χ4n) is 0.859. The molecule has 6 N–H and O–H groups in total. The van der Waals surface area contributed by atoms with Gasteiger partial charge in [0.15, 0.2) is 11.8 Å². The quantitative estimate of drug-likeness (QED) is 0.521. The Bertz CT molecular complexity index is 425. The summed E-state index contributed by atoms with van der Waals surface area (Å²) in [6, 6.07) is 4.62. The largest absolute Gasteiger partial charge is 0.370 e. The van der Waals surface area contributed by atoms with Gasteiger partial charge in [0, 0.05) is 0 Å². The number of guanidine groups is 2. The summed E-state index contributed by atoms with van der Waals surface area (Å²) in [4.78, 5) is 7.16. The fraction of sp³-hybridized carbons (Fsp3) is 0. The van der Waals surface area contributed by atoms with Gasteiger partial charge in [0.2, 0.25) is 5.96 Å². The molecule has 0 aliphatic carbocycles. The third kappa shape index (κ3) is 3.21. The summed E-state index contributed by atoms with van der Waals surface area (Å²) < 4.78 is 13.7. The molecule has 0 bridgehead atoms. The van der Waals surface area contributed by atoms with Crippen molar-refractivity contribution in [3.05, 3.63) is 28.5 Å². The highest BCUT2D eigenvalue weighted by Gasteiger charge is 2.04. The maximum atomic E-state index is 13.4. The molecule has 0 spiro atoms. The van der Waals surface area contributed by atoms with Crippen molar-refractivity contribution in [2.45, 2.75) is 0 Å². The van der Waals surface area contributed by atoms with Gasteiger partial charge in [0.1, 0.15) is 5.69 Å². The van der Waals surface area contributed by atoms with Gasteiger partial charge in [-0.3, -0.25) is 0 Å². The lowest BCUT2D eigenvalue weighted by molar-refractivity contribution is 0.623. The van der Waals surface area contributed by atoms with Gasteiger partial charge in [-0.05, 0) is 28.1 Å². The van der Waals surface area contributed by atoms with Gasteiger partial charge in [0.05, 0.1) is 4.47 Å². The average Bonchev–Trinajstić information content (AvgIpc) is 2.11. The van der Waals surface area contributed by atoms with Crippen molar-refractivity contribution in [3.8, 4) is 0 Å². The molecule has 1 rings (SSSR count). The molecule has 0 unspecified atom stereocenters. The van der Waals surface area contributed by atoms with Crippen LogP contribution in [0.15, 0.2) is 32.7 Å². The lowest BCUT2D eigenvalue weighted by Gasteiger charge is -1.99. The minimum Gasteiger partial charge on any atom is -0.370 e. The highest BCUT2D eigenvalue weighted by atomic mass is 79.9. The first-order valence-corrected chi connectivity index (χ1v) is 4.68. The van der Waals surface area contributed by atoms with E-state index >= 15 is 0 Å². The molecule has 0 aromatic heterocycles. The zero-order chi connectivity index (χ0) is 11.4. The summed E-state index contributed by atoms with van der Waals surface area (Å²) in [6.07, 6.45) is 0. The van der Waals surface area contributed by atoms with E-state index in [1.54, 1.807) is 12.1 Å². The van der Waals surface area contributed by atoms with Gasteiger partial charge in [-0.1, -0.05) is 6.07 Å². The number of benzene rings is 1. The van der Waals surface area contributed by atoms with Crippen LogP contribution in [0, 0.1) is 5.82 Å². The first-order valence-electron chi connectivity index (χ1n) is 3.88. The molecule has 0 atom stereocenters. The zero-order valence-electron chi connectivity index (χ0n) is 7.61. The Labute approximate surface area is 94.0 Å².